The second-order valence-corrected chi connectivity index (χ2v) is 3.64. The highest BCUT2D eigenvalue weighted by atomic mass is 32.2. The molecule has 2 aromatic heterocycles. The number of thioether (sulfide) groups is 1. The highest BCUT2D eigenvalue weighted by Crippen LogP contribution is 2.18. The molecule has 2 aromatic rings. The first-order valence-electron chi connectivity index (χ1n) is 4.18. The summed E-state index contributed by atoms with van der Waals surface area (Å²) in [6.45, 7) is 0. The molecule has 15 heavy (non-hydrogen) atoms. The lowest BCUT2D eigenvalue weighted by molar-refractivity contribution is 0.330. The van der Waals surface area contributed by atoms with Crippen LogP contribution in [0, 0.1) is 0 Å². The first-order valence-corrected chi connectivity index (χ1v) is 5.33. The molecule has 7 nitrogen and oxygen atoms in total. The molecule has 8 heteroatoms. The van der Waals surface area contributed by atoms with Crippen LogP contribution in [0.5, 0.6) is 5.88 Å². The van der Waals surface area contributed by atoms with E-state index < -0.39 is 0 Å². The SMILES string of the molecule is COc1cc(CSCc2nn[nH]n2)on1. The van der Waals surface area contributed by atoms with Gasteiger partial charge in [0.15, 0.2) is 11.6 Å². The van der Waals surface area contributed by atoms with Crippen molar-refractivity contribution in [2.45, 2.75) is 11.5 Å². The third-order valence-electron chi connectivity index (χ3n) is 1.61. The monoisotopic (exact) mass is 227 g/mol. The quantitative estimate of drug-likeness (QED) is 0.801. The minimum absolute atomic E-state index is 0.491. The predicted octanol–water partition coefficient (Wildman–Crippen LogP) is 0.630. The molecular weight excluding hydrogens is 218 g/mol. The molecule has 1 N–H and O–H groups in total. The Balaban J connectivity index is 1.78. The summed E-state index contributed by atoms with van der Waals surface area (Å²) in [5.41, 5.74) is 0. The van der Waals surface area contributed by atoms with E-state index in [4.69, 9.17) is 9.26 Å². The summed E-state index contributed by atoms with van der Waals surface area (Å²) >= 11 is 1.61. The van der Waals surface area contributed by atoms with Gasteiger partial charge in [-0.1, -0.05) is 5.21 Å². The van der Waals surface area contributed by atoms with Crippen molar-refractivity contribution in [2.75, 3.05) is 7.11 Å². The maximum Gasteiger partial charge on any atom is 0.254 e. The van der Waals surface area contributed by atoms with E-state index in [1.807, 2.05) is 0 Å². The van der Waals surface area contributed by atoms with Crippen LogP contribution in [0.3, 0.4) is 0 Å². The Labute approximate surface area is 89.6 Å². The number of tetrazole rings is 1. The number of nitrogens with zero attached hydrogens (tertiary/aromatic N) is 4. The molecule has 0 aliphatic carbocycles. The number of H-pyrrole nitrogens is 1. The maximum atomic E-state index is 5.01. The molecule has 0 saturated heterocycles. The van der Waals surface area contributed by atoms with Gasteiger partial charge in [-0.2, -0.15) is 5.21 Å². The first-order chi connectivity index (χ1) is 7.38. The van der Waals surface area contributed by atoms with Gasteiger partial charge < -0.3 is 9.26 Å². The summed E-state index contributed by atoms with van der Waals surface area (Å²) < 4.78 is 9.91. The fourth-order valence-electron chi connectivity index (χ4n) is 0.945. The number of hydrogen-bond acceptors (Lipinski definition) is 7. The Bertz CT molecular complexity index is 401. The average Bonchev–Trinajstić information content (AvgIpc) is 2.88. The van der Waals surface area contributed by atoms with Gasteiger partial charge in [-0.25, -0.2) is 0 Å². The molecule has 0 amide bonds. The van der Waals surface area contributed by atoms with E-state index in [0.717, 1.165) is 5.76 Å². The van der Waals surface area contributed by atoms with Gasteiger partial charge in [0.2, 0.25) is 0 Å². The molecule has 0 aliphatic heterocycles. The minimum Gasteiger partial charge on any atom is -0.479 e. The third-order valence-corrected chi connectivity index (χ3v) is 2.56. The fraction of sp³-hybridized carbons (Fsp3) is 0.429. The Kier molecular flexibility index (Phi) is 3.18. The van der Waals surface area contributed by atoms with Gasteiger partial charge in [0.1, 0.15) is 0 Å². The second-order valence-electron chi connectivity index (χ2n) is 2.66. The lowest BCUT2D eigenvalue weighted by Gasteiger charge is -1.92. The van der Waals surface area contributed by atoms with Gasteiger partial charge in [-0.15, -0.1) is 22.0 Å². The predicted molar refractivity (Wildman–Crippen MR) is 52.2 cm³/mol. The number of aromatic amines is 1. The second kappa shape index (κ2) is 4.78. The highest BCUT2D eigenvalue weighted by molar-refractivity contribution is 7.97. The van der Waals surface area contributed by atoms with Gasteiger partial charge in [-0.3, -0.25) is 0 Å². The van der Waals surface area contributed by atoms with Crippen molar-refractivity contribution in [3.05, 3.63) is 17.7 Å². The van der Waals surface area contributed by atoms with Crippen LogP contribution in [0.15, 0.2) is 10.6 Å². The van der Waals surface area contributed by atoms with Gasteiger partial charge >= 0.3 is 0 Å². The Hall–Kier alpha value is -1.57. The van der Waals surface area contributed by atoms with Crippen molar-refractivity contribution >= 4 is 11.8 Å². The van der Waals surface area contributed by atoms with Gasteiger partial charge in [0.05, 0.1) is 18.6 Å². The number of rotatable bonds is 5. The lowest BCUT2D eigenvalue weighted by atomic mass is 10.5. The van der Waals surface area contributed by atoms with E-state index in [2.05, 4.69) is 25.8 Å². The normalized spacial score (nSPS) is 10.5. The first kappa shape index (κ1) is 9.97. The maximum absolute atomic E-state index is 5.01. The van der Waals surface area contributed by atoms with Crippen molar-refractivity contribution in [3.63, 3.8) is 0 Å². The molecule has 0 unspecified atom stereocenters. The smallest absolute Gasteiger partial charge is 0.254 e. The van der Waals surface area contributed by atoms with Crippen LogP contribution < -0.4 is 4.74 Å². The van der Waals surface area contributed by atoms with Crippen LogP contribution in [0.2, 0.25) is 0 Å². The highest BCUT2D eigenvalue weighted by Gasteiger charge is 2.05. The van der Waals surface area contributed by atoms with Crippen LogP contribution in [-0.4, -0.2) is 32.9 Å². The van der Waals surface area contributed by atoms with Crippen LogP contribution in [0.25, 0.3) is 0 Å². The Morgan fingerprint density at radius 1 is 1.53 bits per heavy atom. The van der Waals surface area contributed by atoms with Crippen LogP contribution in [0.1, 0.15) is 11.6 Å². The van der Waals surface area contributed by atoms with Gasteiger partial charge in [0.25, 0.3) is 5.88 Å². The molecule has 0 fully saturated rings. The van der Waals surface area contributed by atoms with E-state index in [1.165, 1.54) is 0 Å². The van der Waals surface area contributed by atoms with E-state index in [1.54, 1.807) is 24.9 Å². The van der Waals surface area contributed by atoms with Crippen LogP contribution >= 0.6 is 11.8 Å². The Morgan fingerprint density at radius 2 is 2.47 bits per heavy atom. The van der Waals surface area contributed by atoms with Crippen molar-refractivity contribution in [3.8, 4) is 5.88 Å². The zero-order valence-electron chi connectivity index (χ0n) is 8.01. The number of hydrogen-bond donors (Lipinski definition) is 1. The molecule has 0 radical (unpaired) electrons. The number of nitrogens with one attached hydrogen (secondary N) is 1. The molecule has 0 saturated carbocycles. The van der Waals surface area contributed by atoms with E-state index in [-0.39, 0.29) is 0 Å². The summed E-state index contributed by atoms with van der Waals surface area (Å²) in [4.78, 5) is 0. The molecule has 80 valence electrons. The number of methoxy groups -OCH3 is 1. The van der Waals surface area contributed by atoms with Crippen molar-refractivity contribution in [2.24, 2.45) is 0 Å². The molecular formula is C7H9N5O2S. The van der Waals surface area contributed by atoms with Crippen molar-refractivity contribution < 1.29 is 9.26 Å². The summed E-state index contributed by atoms with van der Waals surface area (Å²) in [6.07, 6.45) is 0. The molecule has 2 heterocycles. The van der Waals surface area contributed by atoms with Crippen molar-refractivity contribution in [1.29, 1.82) is 0 Å². The third kappa shape index (κ3) is 2.69. The van der Waals surface area contributed by atoms with Crippen LogP contribution in [0.4, 0.5) is 0 Å². The molecule has 0 aromatic carbocycles. The zero-order chi connectivity index (χ0) is 10.5. The van der Waals surface area contributed by atoms with Gasteiger partial charge in [-0.05, 0) is 5.16 Å². The topological polar surface area (TPSA) is 89.7 Å². The molecule has 2 rings (SSSR count). The number of aromatic nitrogens is 5. The van der Waals surface area contributed by atoms with Crippen LogP contribution in [-0.2, 0) is 11.5 Å². The number of ether oxygens (including phenoxy) is 1. The van der Waals surface area contributed by atoms with E-state index in [0.29, 0.717) is 23.2 Å². The van der Waals surface area contributed by atoms with E-state index >= 15 is 0 Å². The fourth-order valence-corrected chi connectivity index (χ4v) is 1.69. The summed E-state index contributed by atoms with van der Waals surface area (Å²) in [6, 6.07) is 1.75. The zero-order valence-corrected chi connectivity index (χ0v) is 8.82. The summed E-state index contributed by atoms with van der Waals surface area (Å²) in [7, 11) is 1.55. The lowest BCUT2D eigenvalue weighted by Crippen LogP contribution is -1.85. The minimum atomic E-state index is 0.491. The molecule has 0 spiro atoms. The van der Waals surface area contributed by atoms with E-state index in [9.17, 15) is 0 Å². The molecule has 0 atom stereocenters. The van der Waals surface area contributed by atoms with Gasteiger partial charge in [0, 0.05) is 6.07 Å². The largest absolute Gasteiger partial charge is 0.479 e. The molecule has 0 bridgehead atoms. The average molecular weight is 227 g/mol. The molecule has 0 aliphatic rings. The standard InChI is InChI=1S/C7H9N5O2S/c1-13-7-2-5(14-10-7)3-15-4-6-8-11-12-9-6/h2H,3-4H2,1H3,(H,8,9,11,12). The Morgan fingerprint density at radius 3 is 3.13 bits per heavy atom. The summed E-state index contributed by atoms with van der Waals surface area (Å²) in [5.74, 6) is 3.31. The summed E-state index contributed by atoms with van der Waals surface area (Å²) in [5, 5.41) is 17.2. The van der Waals surface area contributed by atoms with Crippen molar-refractivity contribution in [1.82, 2.24) is 25.8 Å².